The summed E-state index contributed by atoms with van der Waals surface area (Å²) in [7, 11) is 0. The molecule has 0 aliphatic carbocycles. The van der Waals surface area contributed by atoms with Crippen molar-refractivity contribution in [2.75, 3.05) is 43.0 Å². The Bertz CT molecular complexity index is 638. The first-order chi connectivity index (χ1) is 12.6. The van der Waals surface area contributed by atoms with Gasteiger partial charge in [0.1, 0.15) is 0 Å². The van der Waals surface area contributed by atoms with E-state index in [0.717, 1.165) is 68.2 Å². The fourth-order valence-electron chi connectivity index (χ4n) is 3.66. The van der Waals surface area contributed by atoms with Gasteiger partial charge in [-0.25, -0.2) is 0 Å². The van der Waals surface area contributed by atoms with E-state index >= 15 is 0 Å². The lowest BCUT2D eigenvalue weighted by molar-refractivity contribution is -0.116. The third kappa shape index (κ3) is 5.01. The molecule has 2 heterocycles. The molecule has 2 amide bonds. The lowest BCUT2D eigenvalue weighted by atomic mass is 9.93. The monoisotopic (exact) mass is 375 g/mol. The van der Waals surface area contributed by atoms with Crippen molar-refractivity contribution >= 4 is 29.3 Å². The zero-order valence-corrected chi connectivity index (χ0v) is 16.4. The van der Waals surface area contributed by atoms with E-state index in [0.29, 0.717) is 17.9 Å². The molecule has 2 saturated heterocycles. The van der Waals surface area contributed by atoms with Crippen molar-refractivity contribution in [1.82, 2.24) is 10.2 Å². The number of anilines is 1. The highest BCUT2D eigenvalue weighted by Gasteiger charge is 2.21. The average molecular weight is 376 g/mol. The van der Waals surface area contributed by atoms with Crippen molar-refractivity contribution in [2.45, 2.75) is 32.6 Å². The molecule has 5 nitrogen and oxygen atoms in total. The number of hydrogen-bond donors (Lipinski definition) is 2. The average Bonchev–Trinajstić information content (AvgIpc) is 2.69. The van der Waals surface area contributed by atoms with Crippen molar-refractivity contribution in [3.8, 4) is 0 Å². The van der Waals surface area contributed by atoms with Crippen molar-refractivity contribution in [2.24, 2.45) is 5.92 Å². The molecular weight excluding hydrogens is 346 g/mol. The van der Waals surface area contributed by atoms with Crippen LogP contribution in [0.1, 0.15) is 41.6 Å². The molecule has 2 fully saturated rings. The van der Waals surface area contributed by atoms with Crippen molar-refractivity contribution in [3.05, 3.63) is 29.3 Å². The molecule has 2 N–H and O–H groups in total. The minimum absolute atomic E-state index is 0.0469. The van der Waals surface area contributed by atoms with Crippen molar-refractivity contribution in [3.63, 3.8) is 0 Å². The van der Waals surface area contributed by atoms with Gasteiger partial charge >= 0.3 is 0 Å². The first-order valence-corrected chi connectivity index (χ1v) is 10.8. The maximum absolute atomic E-state index is 12.8. The maximum atomic E-state index is 12.8. The topological polar surface area (TPSA) is 61.4 Å². The second-order valence-corrected chi connectivity index (χ2v) is 8.39. The lowest BCUT2D eigenvalue weighted by Gasteiger charge is -2.27. The summed E-state index contributed by atoms with van der Waals surface area (Å²) in [6, 6.07) is 5.62. The number of thioether (sulfide) groups is 1. The van der Waals surface area contributed by atoms with E-state index in [1.807, 2.05) is 41.8 Å². The molecule has 0 bridgehead atoms. The SMILES string of the molecule is Cc1c(NC(=O)CCC2CCNCC2)cccc1C(=O)N1CCSCC1. The molecule has 0 atom stereocenters. The molecule has 0 saturated carbocycles. The first-order valence-electron chi connectivity index (χ1n) is 9.62. The second kappa shape index (κ2) is 9.42. The van der Waals surface area contributed by atoms with Gasteiger partial charge in [-0.05, 0) is 62.9 Å². The maximum Gasteiger partial charge on any atom is 0.254 e. The van der Waals surface area contributed by atoms with Crippen LogP contribution >= 0.6 is 11.8 Å². The Balaban J connectivity index is 1.59. The number of nitrogens with zero attached hydrogens (tertiary/aromatic N) is 1. The Kier molecular flexibility index (Phi) is 6.97. The number of nitrogens with one attached hydrogen (secondary N) is 2. The number of rotatable bonds is 5. The van der Waals surface area contributed by atoms with Gasteiger partial charge in [0.2, 0.25) is 5.91 Å². The van der Waals surface area contributed by atoms with Crippen LogP contribution in [-0.2, 0) is 4.79 Å². The molecule has 1 aromatic rings. The number of benzene rings is 1. The molecule has 0 unspecified atom stereocenters. The zero-order chi connectivity index (χ0) is 18.4. The standard InChI is InChI=1S/C20H29N3O2S/c1-15-17(20(25)23-11-13-26-14-12-23)3-2-4-18(15)22-19(24)6-5-16-7-9-21-10-8-16/h2-4,16,21H,5-14H2,1H3,(H,22,24). The summed E-state index contributed by atoms with van der Waals surface area (Å²) in [4.78, 5) is 27.1. The van der Waals surface area contributed by atoms with E-state index in [4.69, 9.17) is 0 Å². The summed E-state index contributed by atoms with van der Waals surface area (Å²) in [5, 5.41) is 6.37. The fourth-order valence-corrected chi connectivity index (χ4v) is 4.56. The van der Waals surface area contributed by atoms with Crippen LogP contribution in [0.5, 0.6) is 0 Å². The van der Waals surface area contributed by atoms with Crippen LogP contribution in [-0.4, -0.2) is 54.4 Å². The van der Waals surface area contributed by atoms with Gasteiger partial charge in [0, 0.05) is 42.3 Å². The van der Waals surface area contributed by atoms with E-state index in [2.05, 4.69) is 10.6 Å². The summed E-state index contributed by atoms with van der Waals surface area (Å²) >= 11 is 1.89. The highest BCUT2D eigenvalue weighted by molar-refractivity contribution is 7.99. The summed E-state index contributed by atoms with van der Waals surface area (Å²) in [6.45, 7) is 5.65. The van der Waals surface area contributed by atoms with Crippen LogP contribution < -0.4 is 10.6 Å². The van der Waals surface area contributed by atoms with Crippen LogP contribution in [0, 0.1) is 12.8 Å². The number of piperidine rings is 1. The quantitative estimate of drug-likeness (QED) is 0.831. The Morgan fingerprint density at radius 3 is 2.69 bits per heavy atom. The number of carbonyl (C=O) groups excluding carboxylic acids is 2. The minimum atomic E-state index is 0.0469. The predicted octanol–water partition coefficient (Wildman–Crippen LogP) is 2.90. The molecule has 2 aliphatic rings. The molecule has 3 rings (SSSR count). The predicted molar refractivity (Wildman–Crippen MR) is 108 cm³/mol. The van der Waals surface area contributed by atoms with Crippen LogP contribution in [0.4, 0.5) is 5.69 Å². The van der Waals surface area contributed by atoms with E-state index in [9.17, 15) is 9.59 Å². The first kappa shape index (κ1) is 19.2. The smallest absolute Gasteiger partial charge is 0.254 e. The summed E-state index contributed by atoms with van der Waals surface area (Å²) < 4.78 is 0. The van der Waals surface area contributed by atoms with E-state index in [1.165, 1.54) is 0 Å². The number of hydrogen-bond acceptors (Lipinski definition) is 4. The van der Waals surface area contributed by atoms with Crippen LogP contribution in [0.25, 0.3) is 0 Å². The number of carbonyl (C=O) groups is 2. The Morgan fingerprint density at radius 2 is 1.96 bits per heavy atom. The highest BCUT2D eigenvalue weighted by Crippen LogP contribution is 2.23. The molecule has 142 valence electrons. The van der Waals surface area contributed by atoms with Crippen LogP contribution in [0.15, 0.2) is 18.2 Å². The molecule has 6 heteroatoms. The summed E-state index contributed by atoms with van der Waals surface area (Å²) in [6.07, 6.45) is 3.80. The Labute approximate surface area is 160 Å². The highest BCUT2D eigenvalue weighted by atomic mass is 32.2. The molecule has 1 aromatic carbocycles. The normalized spacial score (nSPS) is 18.6. The number of amides is 2. The van der Waals surface area contributed by atoms with Crippen LogP contribution in [0.2, 0.25) is 0 Å². The third-order valence-corrected chi connectivity index (χ3v) is 6.32. The third-order valence-electron chi connectivity index (χ3n) is 5.37. The van der Waals surface area contributed by atoms with Crippen molar-refractivity contribution in [1.29, 1.82) is 0 Å². The van der Waals surface area contributed by atoms with E-state index in [-0.39, 0.29) is 11.8 Å². The van der Waals surface area contributed by atoms with Gasteiger partial charge in [0.25, 0.3) is 5.91 Å². The Morgan fingerprint density at radius 1 is 1.23 bits per heavy atom. The molecule has 0 aromatic heterocycles. The fraction of sp³-hybridized carbons (Fsp3) is 0.600. The Hall–Kier alpha value is -1.53. The van der Waals surface area contributed by atoms with E-state index in [1.54, 1.807) is 0 Å². The largest absolute Gasteiger partial charge is 0.337 e. The van der Waals surface area contributed by atoms with Gasteiger partial charge in [-0.2, -0.15) is 11.8 Å². The molecule has 0 spiro atoms. The van der Waals surface area contributed by atoms with Gasteiger partial charge in [-0.3, -0.25) is 9.59 Å². The molecule has 26 heavy (non-hydrogen) atoms. The molecule has 2 aliphatic heterocycles. The van der Waals surface area contributed by atoms with Crippen molar-refractivity contribution < 1.29 is 9.59 Å². The minimum Gasteiger partial charge on any atom is -0.337 e. The summed E-state index contributed by atoms with van der Waals surface area (Å²) in [5.74, 6) is 2.77. The lowest BCUT2D eigenvalue weighted by Crippen LogP contribution is -2.38. The van der Waals surface area contributed by atoms with Crippen LogP contribution in [0.3, 0.4) is 0 Å². The summed E-state index contributed by atoms with van der Waals surface area (Å²) in [5.41, 5.74) is 2.33. The second-order valence-electron chi connectivity index (χ2n) is 7.16. The van der Waals surface area contributed by atoms with E-state index < -0.39 is 0 Å². The van der Waals surface area contributed by atoms with Gasteiger partial charge in [-0.1, -0.05) is 6.07 Å². The van der Waals surface area contributed by atoms with Gasteiger partial charge < -0.3 is 15.5 Å². The van der Waals surface area contributed by atoms with Gasteiger partial charge in [0.05, 0.1) is 0 Å². The molecular formula is C20H29N3O2S. The zero-order valence-electron chi connectivity index (χ0n) is 15.6. The molecule has 0 radical (unpaired) electrons. The van der Waals surface area contributed by atoms with Gasteiger partial charge in [0.15, 0.2) is 0 Å². The van der Waals surface area contributed by atoms with Gasteiger partial charge in [-0.15, -0.1) is 0 Å².